The Kier molecular flexibility index (Phi) is 3.34. The summed E-state index contributed by atoms with van der Waals surface area (Å²) in [5, 5.41) is 2.74. The molecule has 1 amide bonds. The first-order chi connectivity index (χ1) is 5.77. The molecule has 0 unspecified atom stereocenters. The van der Waals surface area contributed by atoms with E-state index in [1.807, 2.05) is 0 Å². The Labute approximate surface area is 72.2 Å². The Hall–Kier alpha value is -0.770. The molecule has 4 heteroatoms. The zero-order valence-electron chi connectivity index (χ0n) is 7.50. The van der Waals surface area contributed by atoms with Crippen LogP contribution in [0.15, 0.2) is 0 Å². The Morgan fingerprint density at radius 1 is 1.42 bits per heavy atom. The number of methoxy groups -OCH3 is 2. The molecule has 1 saturated carbocycles. The molecule has 1 N–H and O–H groups in total. The second kappa shape index (κ2) is 4.30. The van der Waals surface area contributed by atoms with Crippen LogP contribution in [0.3, 0.4) is 0 Å². The van der Waals surface area contributed by atoms with Gasteiger partial charge in [-0.25, -0.2) is 4.79 Å². The maximum Gasteiger partial charge on any atom is 0.407 e. The molecule has 1 aliphatic rings. The standard InChI is InChI=1S/C8H15NO3/c1-11-7-5-3-4-6(7)9-8(10)12-2/h6-7H,3-5H2,1-2H3,(H,9,10)/t6-,7-/m1/s1. The fourth-order valence-corrected chi connectivity index (χ4v) is 1.58. The summed E-state index contributed by atoms with van der Waals surface area (Å²) < 4.78 is 9.70. The molecule has 0 saturated heterocycles. The third-order valence-electron chi connectivity index (χ3n) is 2.24. The molecule has 2 atom stereocenters. The fraction of sp³-hybridized carbons (Fsp3) is 0.875. The predicted molar refractivity (Wildman–Crippen MR) is 44.0 cm³/mol. The van der Waals surface area contributed by atoms with Crippen molar-refractivity contribution in [1.29, 1.82) is 0 Å². The summed E-state index contributed by atoms with van der Waals surface area (Å²) in [5.74, 6) is 0. The van der Waals surface area contributed by atoms with Crippen LogP contribution in [0.4, 0.5) is 4.79 Å². The average Bonchev–Trinajstić information content (AvgIpc) is 2.51. The van der Waals surface area contributed by atoms with Crippen molar-refractivity contribution in [2.45, 2.75) is 31.4 Å². The van der Waals surface area contributed by atoms with Crippen molar-refractivity contribution >= 4 is 6.09 Å². The minimum atomic E-state index is -0.371. The monoisotopic (exact) mass is 173 g/mol. The average molecular weight is 173 g/mol. The predicted octanol–water partition coefficient (Wildman–Crippen LogP) is 0.910. The lowest BCUT2D eigenvalue weighted by atomic mass is 10.2. The van der Waals surface area contributed by atoms with E-state index < -0.39 is 0 Å². The molecule has 0 aromatic carbocycles. The van der Waals surface area contributed by atoms with E-state index in [4.69, 9.17) is 4.74 Å². The maximum atomic E-state index is 10.8. The van der Waals surface area contributed by atoms with Crippen LogP contribution in [0.1, 0.15) is 19.3 Å². The number of carbonyl (C=O) groups excluding carboxylic acids is 1. The Morgan fingerprint density at radius 3 is 2.75 bits per heavy atom. The number of nitrogens with one attached hydrogen (secondary N) is 1. The normalized spacial score (nSPS) is 28.5. The van der Waals surface area contributed by atoms with Crippen molar-refractivity contribution in [1.82, 2.24) is 5.32 Å². The Bertz CT molecular complexity index is 160. The summed E-state index contributed by atoms with van der Waals surface area (Å²) in [6.07, 6.45) is 2.89. The van der Waals surface area contributed by atoms with Crippen molar-refractivity contribution in [2.24, 2.45) is 0 Å². The Balaban J connectivity index is 2.35. The second-order valence-corrected chi connectivity index (χ2v) is 2.95. The smallest absolute Gasteiger partial charge is 0.407 e. The fourth-order valence-electron chi connectivity index (χ4n) is 1.58. The lowest BCUT2D eigenvalue weighted by Gasteiger charge is -2.18. The van der Waals surface area contributed by atoms with Gasteiger partial charge in [0.1, 0.15) is 0 Å². The molecule has 0 aliphatic heterocycles. The number of amides is 1. The lowest BCUT2D eigenvalue weighted by molar-refractivity contribution is 0.0814. The van der Waals surface area contributed by atoms with Gasteiger partial charge in [0, 0.05) is 7.11 Å². The van der Waals surface area contributed by atoms with E-state index in [-0.39, 0.29) is 18.2 Å². The molecular formula is C8H15NO3. The molecule has 1 fully saturated rings. The summed E-state index contributed by atoms with van der Waals surface area (Å²) in [6.45, 7) is 0. The summed E-state index contributed by atoms with van der Waals surface area (Å²) in [5.41, 5.74) is 0. The van der Waals surface area contributed by atoms with E-state index >= 15 is 0 Å². The van der Waals surface area contributed by atoms with Gasteiger partial charge in [-0.3, -0.25) is 0 Å². The van der Waals surface area contributed by atoms with E-state index in [1.165, 1.54) is 7.11 Å². The zero-order valence-corrected chi connectivity index (χ0v) is 7.50. The van der Waals surface area contributed by atoms with Gasteiger partial charge in [0.15, 0.2) is 0 Å². The summed E-state index contributed by atoms with van der Waals surface area (Å²) >= 11 is 0. The Morgan fingerprint density at radius 2 is 2.17 bits per heavy atom. The van der Waals surface area contributed by atoms with Crippen molar-refractivity contribution in [3.05, 3.63) is 0 Å². The van der Waals surface area contributed by atoms with Crippen LogP contribution in [-0.2, 0) is 9.47 Å². The first-order valence-electron chi connectivity index (χ1n) is 4.15. The highest BCUT2D eigenvalue weighted by Crippen LogP contribution is 2.21. The van der Waals surface area contributed by atoms with Gasteiger partial charge in [-0.15, -0.1) is 0 Å². The topological polar surface area (TPSA) is 47.6 Å². The zero-order chi connectivity index (χ0) is 8.97. The highest BCUT2D eigenvalue weighted by molar-refractivity contribution is 5.67. The summed E-state index contributed by atoms with van der Waals surface area (Å²) in [7, 11) is 3.04. The number of rotatable bonds is 2. The molecule has 12 heavy (non-hydrogen) atoms. The quantitative estimate of drug-likeness (QED) is 0.675. The van der Waals surface area contributed by atoms with Crippen molar-refractivity contribution in [3.8, 4) is 0 Å². The van der Waals surface area contributed by atoms with Gasteiger partial charge in [-0.1, -0.05) is 0 Å². The third-order valence-corrected chi connectivity index (χ3v) is 2.24. The van der Waals surface area contributed by atoms with Gasteiger partial charge in [0.2, 0.25) is 0 Å². The molecule has 1 aliphatic carbocycles. The van der Waals surface area contributed by atoms with Crippen LogP contribution in [0.5, 0.6) is 0 Å². The van der Waals surface area contributed by atoms with E-state index in [0.29, 0.717) is 0 Å². The molecule has 0 radical (unpaired) electrons. The first-order valence-corrected chi connectivity index (χ1v) is 4.15. The second-order valence-electron chi connectivity index (χ2n) is 2.95. The highest BCUT2D eigenvalue weighted by atomic mass is 16.5. The minimum absolute atomic E-state index is 0.127. The number of hydrogen-bond acceptors (Lipinski definition) is 3. The van der Waals surface area contributed by atoms with Crippen molar-refractivity contribution in [3.63, 3.8) is 0 Å². The van der Waals surface area contributed by atoms with E-state index in [9.17, 15) is 4.79 Å². The number of carbonyl (C=O) groups is 1. The summed E-state index contributed by atoms with van der Waals surface area (Å²) in [6, 6.07) is 0.127. The van der Waals surface area contributed by atoms with E-state index in [0.717, 1.165) is 19.3 Å². The molecule has 0 heterocycles. The van der Waals surface area contributed by atoms with Crippen LogP contribution in [-0.4, -0.2) is 32.5 Å². The van der Waals surface area contributed by atoms with Gasteiger partial charge < -0.3 is 14.8 Å². The lowest BCUT2D eigenvalue weighted by Crippen LogP contribution is -2.40. The molecular weight excluding hydrogens is 158 g/mol. The number of alkyl carbamates (subject to hydrolysis) is 1. The van der Waals surface area contributed by atoms with Crippen LogP contribution >= 0.6 is 0 Å². The van der Waals surface area contributed by atoms with Gasteiger partial charge >= 0.3 is 6.09 Å². The van der Waals surface area contributed by atoms with Crippen LogP contribution in [0.2, 0.25) is 0 Å². The minimum Gasteiger partial charge on any atom is -0.453 e. The molecule has 0 bridgehead atoms. The highest BCUT2D eigenvalue weighted by Gasteiger charge is 2.28. The molecule has 0 aromatic rings. The SMILES string of the molecule is COC(=O)N[C@@H]1CCC[C@H]1OC. The van der Waals surface area contributed by atoms with Crippen molar-refractivity contribution in [2.75, 3.05) is 14.2 Å². The van der Waals surface area contributed by atoms with Gasteiger partial charge in [-0.05, 0) is 19.3 Å². The van der Waals surface area contributed by atoms with Crippen LogP contribution in [0.25, 0.3) is 0 Å². The molecule has 0 spiro atoms. The van der Waals surface area contributed by atoms with Crippen LogP contribution < -0.4 is 5.32 Å². The van der Waals surface area contributed by atoms with Crippen LogP contribution in [0, 0.1) is 0 Å². The van der Waals surface area contributed by atoms with Gasteiger partial charge in [-0.2, -0.15) is 0 Å². The molecule has 4 nitrogen and oxygen atoms in total. The third kappa shape index (κ3) is 2.11. The van der Waals surface area contributed by atoms with Gasteiger partial charge in [0.25, 0.3) is 0 Å². The molecule has 1 rings (SSSR count). The van der Waals surface area contributed by atoms with Gasteiger partial charge in [0.05, 0.1) is 19.3 Å². The number of ether oxygens (including phenoxy) is 2. The molecule has 70 valence electrons. The largest absolute Gasteiger partial charge is 0.453 e. The molecule has 0 aromatic heterocycles. The first kappa shape index (κ1) is 9.32. The maximum absolute atomic E-state index is 10.8. The van der Waals surface area contributed by atoms with E-state index in [2.05, 4.69) is 10.1 Å². The number of hydrogen-bond donors (Lipinski definition) is 1. The van der Waals surface area contributed by atoms with Crippen molar-refractivity contribution < 1.29 is 14.3 Å². The van der Waals surface area contributed by atoms with E-state index in [1.54, 1.807) is 7.11 Å². The summed E-state index contributed by atoms with van der Waals surface area (Å²) in [4.78, 5) is 10.8.